The number of rotatable bonds is 4. The summed E-state index contributed by atoms with van der Waals surface area (Å²) in [6, 6.07) is 14.7. The topological polar surface area (TPSA) is 72.7 Å². The monoisotopic (exact) mass is 313 g/mol. The highest BCUT2D eigenvalue weighted by Crippen LogP contribution is 2.24. The summed E-state index contributed by atoms with van der Waals surface area (Å²) in [5, 5.41) is 14.2. The zero-order valence-corrected chi connectivity index (χ0v) is 12.2. The number of tetrazole rings is 1. The molecule has 0 saturated carbocycles. The highest BCUT2D eigenvalue weighted by Gasteiger charge is 2.09. The van der Waals surface area contributed by atoms with Crippen LogP contribution in [0.4, 0.5) is 5.69 Å². The summed E-state index contributed by atoms with van der Waals surface area (Å²) in [4.78, 5) is 12.1. The van der Waals surface area contributed by atoms with E-state index in [9.17, 15) is 4.79 Å². The zero-order valence-electron chi connectivity index (χ0n) is 11.5. The Labute approximate surface area is 131 Å². The molecule has 1 heterocycles. The van der Waals surface area contributed by atoms with Gasteiger partial charge < -0.3 is 5.32 Å². The SMILES string of the molecule is O=C(Cc1ccccc1)Nc1cc(-n2cnnn2)ccc1Cl. The molecule has 110 valence electrons. The average molecular weight is 314 g/mol. The lowest BCUT2D eigenvalue weighted by Gasteiger charge is -2.09. The second-order valence-electron chi connectivity index (χ2n) is 4.63. The van der Waals surface area contributed by atoms with Crippen molar-refractivity contribution in [1.82, 2.24) is 20.2 Å². The first kappa shape index (κ1) is 14.2. The molecular weight excluding hydrogens is 302 g/mol. The summed E-state index contributed by atoms with van der Waals surface area (Å²) >= 11 is 6.13. The Morgan fingerprint density at radius 2 is 2.00 bits per heavy atom. The van der Waals surface area contributed by atoms with Crippen LogP contribution in [0.5, 0.6) is 0 Å². The van der Waals surface area contributed by atoms with Crippen LogP contribution in [0.15, 0.2) is 54.9 Å². The van der Waals surface area contributed by atoms with Crippen LogP contribution >= 0.6 is 11.6 Å². The Morgan fingerprint density at radius 3 is 2.73 bits per heavy atom. The second-order valence-corrected chi connectivity index (χ2v) is 5.04. The van der Waals surface area contributed by atoms with E-state index in [0.717, 1.165) is 5.56 Å². The number of benzene rings is 2. The molecule has 0 fully saturated rings. The smallest absolute Gasteiger partial charge is 0.228 e. The number of aromatic nitrogens is 4. The molecule has 0 aliphatic carbocycles. The molecule has 1 aromatic heterocycles. The van der Waals surface area contributed by atoms with E-state index in [1.807, 2.05) is 30.3 Å². The van der Waals surface area contributed by atoms with E-state index in [4.69, 9.17) is 11.6 Å². The van der Waals surface area contributed by atoms with Crippen molar-refractivity contribution >= 4 is 23.2 Å². The van der Waals surface area contributed by atoms with Crippen LogP contribution < -0.4 is 5.32 Å². The molecule has 7 heteroatoms. The fourth-order valence-electron chi connectivity index (χ4n) is 2.01. The van der Waals surface area contributed by atoms with E-state index in [1.165, 1.54) is 11.0 Å². The molecule has 2 aromatic carbocycles. The molecule has 3 aromatic rings. The van der Waals surface area contributed by atoms with Crippen molar-refractivity contribution in [2.75, 3.05) is 5.32 Å². The van der Waals surface area contributed by atoms with E-state index in [0.29, 0.717) is 16.4 Å². The minimum Gasteiger partial charge on any atom is -0.324 e. The van der Waals surface area contributed by atoms with Crippen LogP contribution in [0.1, 0.15) is 5.56 Å². The Balaban J connectivity index is 1.77. The minimum absolute atomic E-state index is 0.137. The van der Waals surface area contributed by atoms with E-state index in [-0.39, 0.29) is 12.3 Å². The molecule has 1 N–H and O–H groups in total. The molecule has 3 rings (SSSR count). The fourth-order valence-corrected chi connectivity index (χ4v) is 2.17. The molecule has 0 saturated heterocycles. The number of carbonyl (C=O) groups excluding carboxylic acids is 1. The normalized spacial score (nSPS) is 10.4. The summed E-state index contributed by atoms with van der Waals surface area (Å²) in [7, 11) is 0. The van der Waals surface area contributed by atoms with Gasteiger partial charge in [-0.2, -0.15) is 0 Å². The summed E-state index contributed by atoms with van der Waals surface area (Å²) in [5.41, 5.74) is 2.17. The van der Waals surface area contributed by atoms with Crippen molar-refractivity contribution in [2.24, 2.45) is 0 Å². The van der Waals surface area contributed by atoms with Crippen molar-refractivity contribution < 1.29 is 4.79 Å². The molecule has 1 amide bonds. The van der Waals surface area contributed by atoms with Crippen molar-refractivity contribution in [2.45, 2.75) is 6.42 Å². The van der Waals surface area contributed by atoms with Gasteiger partial charge in [0.2, 0.25) is 5.91 Å². The Bertz CT molecular complexity index is 774. The van der Waals surface area contributed by atoms with Gasteiger partial charge in [0.05, 0.1) is 22.8 Å². The lowest BCUT2D eigenvalue weighted by molar-refractivity contribution is -0.115. The number of amides is 1. The van der Waals surface area contributed by atoms with Gasteiger partial charge in [-0.1, -0.05) is 41.9 Å². The maximum absolute atomic E-state index is 12.1. The van der Waals surface area contributed by atoms with Gasteiger partial charge in [-0.25, -0.2) is 4.68 Å². The van der Waals surface area contributed by atoms with E-state index < -0.39 is 0 Å². The molecule has 0 aliphatic rings. The van der Waals surface area contributed by atoms with Crippen molar-refractivity contribution in [3.8, 4) is 5.69 Å². The molecule has 0 unspecified atom stereocenters. The number of nitrogens with one attached hydrogen (secondary N) is 1. The second kappa shape index (κ2) is 6.36. The number of anilines is 1. The van der Waals surface area contributed by atoms with Crippen molar-refractivity contribution in [3.63, 3.8) is 0 Å². The molecule has 0 spiro atoms. The quantitative estimate of drug-likeness (QED) is 0.803. The van der Waals surface area contributed by atoms with Gasteiger partial charge in [0.15, 0.2) is 0 Å². The van der Waals surface area contributed by atoms with E-state index >= 15 is 0 Å². The highest BCUT2D eigenvalue weighted by atomic mass is 35.5. The summed E-state index contributed by atoms with van der Waals surface area (Å²) in [5.74, 6) is -0.137. The predicted octanol–water partition coefficient (Wildman–Crippen LogP) is 2.50. The Hall–Kier alpha value is -2.73. The van der Waals surface area contributed by atoms with Gasteiger partial charge in [0, 0.05) is 0 Å². The van der Waals surface area contributed by atoms with Crippen LogP contribution in [-0.2, 0) is 11.2 Å². The highest BCUT2D eigenvalue weighted by molar-refractivity contribution is 6.33. The number of carbonyl (C=O) groups is 1. The van der Waals surface area contributed by atoms with Crippen molar-refractivity contribution in [3.05, 3.63) is 65.4 Å². The third-order valence-electron chi connectivity index (χ3n) is 3.05. The predicted molar refractivity (Wildman–Crippen MR) is 82.9 cm³/mol. The molecule has 22 heavy (non-hydrogen) atoms. The summed E-state index contributed by atoms with van der Waals surface area (Å²) in [6.45, 7) is 0. The van der Waals surface area contributed by atoms with E-state index in [1.54, 1.807) is 18.2 Å². The summed E-state index contributed by atoms with van der Waals surface area (Å²) < 4.78 is 1.49. The van der Waals surface area contributed by atoms with Gasteiger partial charge in [0.25, 0.3) is 0 Å². The lowest BCUT2D eigenvalue weighted by atomic mass is 10.1. The number of hydrogen-bond acceptors (Lipinski definition) is 4. The number of halogens is 1. The molecule has 0 atom stereocenters. The first-order valence-electron chi connectivity index (χ1n) is 6.59. The molecule has 6 nitrogen and oxygen atoms in total. The van der Waals surface area contributed by atoms with Gasteiger partial charge in [-0.05, 0) is 34.2 Å². The first-order valence-corrected chi connectivity index (χ1v) is 6.97. The lowest BCUT2D eigenvalue weighted by Crippen LogP contribution is -2.15. The maximum atomic E-state index is 12.1. The number of hydrogen-bond donors (Lipinski definition) is 1. The zero-order chi connectivity index (χ0) is 15.4. The van der Waals surface area contributed by atoms with Gasteiger partial charge in [0.1, 0.15) is 6.33 Å². The largest absolute Gasteiger partial charge is 0.324 e. The minimum atomic E-state index is -0.137. The van der Waals surface area contributed by atoms with Gasteiger partial charge in [-0.15, -0.1) is 5.10 Å². The third-order valence-corrected chi connectivity index (χ3v) is 3.37. The third kappa shape index (κ3) is 3.29. The molecule has 0 bridgehead atoms. The van der Waals surface area contributed by atoms with Crippen LogP contribution in [0.2, 0.25) is 5.02 Å². The molecule has 0 aliphatic heterocycles. The first-order chi connectivity index (χ1) is 10.7. The average Bonchev–Trinajstić information content (AvgIpc) is 3.05. The Kier molecular flexibility index (Phi) is 4.11. The van der Waals surface area contributed by atoms with Gasteiger partial charge in [-0.3, -0.25) is 4.79 Å². The van der Waals surface area contributed by atoms with Crippen LogP contribution in [0.25, 0.3) is 5.69 Å². The maximum Gasteiger partial charge on any atom is 0.228 e. The fraction of sp³-hybridized carbons (Fsp3) is 0.0667. The van der Waals surface area contributed by atoms with Crippen LogP contribution in [0.3, 0.4) is 0 Å². The standard InChI is InChI=1S/C15H12ClN5O/c16-13-7-6-12(21-10-17-19-20-21)9-14(13)18-15(22)8-11-4-2-1-3-5-11/h1-7,9-10H,8H2,(H,18,22). The number of nitrogens with zero attached hydrogens (tertiary/aromatic N) is 4. The van der Waals surface area contributed by atoms with E-state index in [2.05, 4.69) is 20.8 Å². The van der Waals surface area contributed by atoms with Crippen LogP contribution in [0, 0.1) is 0 Å². The summed E-state index contributed by atoms with van der Waals surface area (Å²) in [6.07, 6.45) is 1.76. The molecule has 0 radical (unpaired) electrons. The van der Waals surface area contributed by atoms with Gasteiger partial charge >= 0.3 is 0 Å². The van der Waals surface area contributed by atoms with Crippen LogP contribution in [-0.4, -0.2) is 26.1 Å². The molecular formula is C15H12ClN5O. The van der Waals surface area contributed by atoms with Crippen molar-refractivity contribution in [1.29, 1.82) is 0 Å². The Morgan fingerprint density at radius 1 is 1.18 bits per heavy atom.